The van der Waals surface area contributed by atoms with Crippen molar-refractivity contribution in [3.05, 3.63) is 31.9 Å². The highest BCUT2D eigenvalue weighted by Gasteiger charge is 2.27. The summed E-state index contributed by atoms with van der Waals surface area (Å²) in [7, 11) is 1.71. The van der Waals surface area contributed by atoms with Crippen molar-refractivity contribution in [1.82, 2.24) is 9.78 Å². The number of carbonyl (C=O) groups is 3. The average molecular weight is 443 g/mol. The predicted octanol–water partition coefficient (Wildman–Crippen LogP) is 2.78. The number of anilines is 1. The number of aryl methyl sites for hydroxylation is 1. The summed E-state index contributed by atoms with van der Waals surface area (Å²) >= 11 is 4.27. The Hall–Kier alpha value is -2.20. The van der Waals surface area contributed by atoms with Gasteiger partial charge in [-0.1, -0.05) is 6.92 Å². The number of primary amides is 1. The van der Waals surface area contributed by atoms with Crippen LogP contribution in [-0.2, 0) is 11.8 Å². The van der Waals surface area contributed by atoms with Crippen LogP contribution in [-0.4, -0.2) is 34.2 Å². The zero-order valence-electron chi connectivity index (χ0n) is 14.8. The van der Waals surface area contributed by atoms with Crippen LogP contribution in [0.5, 0.6) is 0 Å². The first kappa shape index (κ1) is 20.1. The first-order valence-corrected chi connectivity index (χ1v) is 9.40. The standard InChI is InChI=1S/C16H19BrN4O4S/c1-5-6-25-16(24)9-7(2)12(13(18)22)26-15(9)19-14(23)11-10(17)8(3)21(4)20-11/h5-6H2,1-4H3,(H2,18,22)(H,19,23). The van der Waals surface area contributed by atoms with Crippen LogP contribution in [0.3, 0.4) is 0 Å². The van der Waals surface area contributed by atoms with Crippen LogP contribution < -0.4 is 11.1 Å². The Balaban J connectivity index is 2.42. The summed E-state index contributed by atoms with van der Waals surface area (Å²) in [6.45, 7) is 5.50. The number of esters is 1. The molecule has 0 saturated carbocycles. The fourth-order valence-electron chi connectivity index (χ4n) is 2.24. The SMILES string of the molecule is CCCOC(=O)c1c(NC(=O)c2nn(C)c(C)c2Br)sc(C(N)=O)c1C. The van der Waals surface area contributed by atoms with Crippen molar-refractivity contribution in [3.63, 3.8) is 0 Å². The first-order valence-electron chi connectivity index (χ1n) is 7.79. The third-order valence-corrected chi connectivity index (χ3v) is 5.89. The lowest BCUT2D eigenvalue weighted by molar-refractivity contribution is 0.0506. The number of halogens is 1. The highest BCUT2D eigenvalue weighted by molar-refractivity contribution is 9.10. The fourth-order valence-corrected chi connectivity index (χ4v) is 3.80. The summed E-state index contributed by atoms with van der Waals surface area (Å²) in [5, 5.41) is 7.00. The topological polar surface area (TPSA) is 116 Å². The van der Waals surface area contributed by atoms with Gasteiger partial charge in [0.1, 0.15) is 5.00 Å². The molecule has 0 unspecified atom stereocenters. The van der Waals surface area contributed by atoms with Crippen LogP contribution >= 0.6 is 27.3 Å². The second-order valence-electron chi connectivity index (χ2n) is 5.59. The van der Waals surface area contributed by atoms with E-state index < -0.39 is 17.8 Å². The van der Waals surface area contributed by atoms with E-state index in [0.29, 0.717) is 16.5 Å². The number of rotatable bonds is 6. The molecule has 2 aromatic heterocycles. The molecule has 2 aromatic rings. The Bertz CT molecular complexity index is 887. The number of carbonyl (C=O) groups excluding carboxylic acids is 3. The van der Waals surface area contributed by atoms with Crippen molar-refractivity contribution in [1.29, 1.82) is 0 Å². The lowest BCUT2D eigenvalue weighted by Crippen LogP contribution is -2.16. The lowest BCUT2D eigenvalue weighted by Gasteiger charge is -2.07. The van der Waals surface area contributed by atoms with E-state index in [1.165, 1.54) is 0 Å². The Morgan fingerprint density at radius 3 is 2.50 bits per heavy atom. The van der Waals surface area contributed by atoms with Gasteiger partial charge < -0.3 is 15.8 Å². The van der Waals surface area contributed by atoms with E-state index in [4.69, 9.17) is 10.5 Å². The number of thiophene rings is 1. The van der Waals surface area contributed by atoms with Gasteiger partial charge in [-0.15, -0.1) is 11.3 Å². The maximum absolute atomic E-state index is 12.6. The van der Waals surface area contributed by atoms with Crippen molar-refractivity contribution < 1.29 is 19.1 Å². The minimum atomic E-state index is -0.674. The molecule has 2 amide bonds. The monoisotopic (exact) mass is 442 g/mol. The van der Waals surface area contributed by atoms with Crippen molar-refractivity contribution in [2.24, 2.45) is 12.8 Å². The molecule has 0 aliphatic carbocycles. The van der Waals surface area contributed by atoms with Gasteiger partial charge in [-0.05, 0) is 41.8 Å². The molecule has 0 fully saturated rings. The molecule has 10 heteroatoms. The third kappa shape index (κ3) is 3.80. The Labute approximate surface area is 162 Å². The van der Waals surface area contributed by atoms with E-state index in [9.17, 15) is 14.4 Å². The van der Waals surface area contributed by atoms with Gasteiger partial charge in [0.05, 0.1) is 27.2 Å². The van der Waals surface area contributed by atoms with E-state index in [-0.39, 0.29) is 27.7 Å². The van der Waals surface area contributed by atoms with E-state index in [1.54, 1.807) is 18.7 Å². The molecule has 0 aliphatic rings. The van der Waals surface area contributed by atoms with Crippen molar-refractivity contribution >= 4 is 50.1 Å². The number of hydrogen-bond acceptors (Lipinski definition) is 6. The molecule has 140 valence electrons. The maximum Gasteiger partial charge on any atom is 0.341 e. The summed E-state index contributed by atoms with van der Waals surface area (Å²) in [4.78, 5) is 36.8. The van der Waals surface area contributed by atoms with Crippen LogP contribution in [0.25, 0.3) is 0 Å². The number of nitrogens with zero attached hydrogens (tertiary/aromatic N) is 2. The Kier molecular flexibility index (Phi) is 6.19. The van der Waals surface area contributed by atoms with E-state index in [2.05, 4.69) is 26.3 Å². The van der Waals surface area contributed by atoms with Gasteiger partial charge in [-0.25, -0.2) is 4.79 Å². The molecule has 3 N–H and O–H groups in total. The highest BCUT2D eigenvalue weighted by atomic mass is 79.9. The van der Waals surface area contributed by atoms with Gasteiger partial charge in [-0.3, -0.25) is 14.3 Å². The minimum absolute atomic E-state index is 0.134. The molecular formula is C16H19BrN4O4S. The number of nitrogens with two attached hydrogens (primary N) is 1. The van der Waals surface area contributed by atoms with Gasteiger partial charge in [-0.2, -0.15) is 5.10 Å². The van der Waals surface area contributed by atoms with Crippen LogP contribution in [0.1, 0.15) is 55.1 Å². The summed E-state index contributed by atoms with van der Waals surface area (Å²) in [5.41, 5.74) is 6.83. The number of aromatic nitrogens is 2. The van der Waals surface area contributed by atoms with Gasteiger partial charge >= 0.3 is 5.97 Å². The molecule has 0 aliphatic heterocycles. The molecule has 2 heterocycles. The van der Waals surface area contributed by atoms with Crippen LogP contribution in [0.4, 0.5) is 5.00 Å². The third-order valence-electron chi connectivity index (χ3n) is 3.72. The lowest BCUT2D eigenvalue weighted by atomic mass is 10.1. The van der Waals surface area contributed by atoms with Crippen molar-refractivity contribution in [3.8, 4) is 0 Å². The maximum atomic E-state index is 12.6. The van der Waals surface area contributed by atoms with Gasteiger partial charge in [0.25, 0.3) is 11.8 Å². The molecule has 0 atom stereocenters. The van der Waals surface area contributed by atoms with E-state index in [1.807, 2.05) is 13.8 Å². The molecule has 2 rings (SSSR count). The summed E-state index contributed by atoms with van der Waals surface area (Å²) < 4.78 is 7.27. The van der Waals surface area contributed by atoms with Gasteiger partial charge in [0.15, 0.2) is 5.69 Å². The first-order chi connectivity index (χ1) is 12.2. The zero-order valence-corrected chi connectivity index (χ0v) is 17.2. The summed E-state index contributed by atoms with van der Waals surface area (Å²) in [6.07, 6.45) is 0.652. The summed E-state index contributed by atoms with van der Waals surface area (Å²) in [6, 6.07) is 0. The Morgan fingerprint density at radius 2 is 2.00 bits per heavy atom. The quantitative estimate of drug-likeness (QED) is 0.666. The van der Waals surface area contributed by atoms with E-state index >= 15 is 0 Å². The molecule has 0 spiro atoms. The number of nitrogens with one attached hydrogen (secondary N) is 1. The molecule has 0 saturated heterocycles. The Morgan fingerprint density at radius 1 is 1.35 bits per heavy atom. The molecule has 26 heavy (non-hydrogen) atoms. The number of ether oxygens (including phenoxy) is 1. The molecule has 0 radical (unpaired) electrons. The number of hydrogen-bond donors (Lipinski definition) is 2. The normalized spacial score (nSPS) is 10.7. The second-order valence-corrected chi connectivity index (χ2v) is 7.40. The second kappa shape index (κ2) is 8.00. The van der Waals surface area contributed by atoms with Gasteiger partial charge in [0.2, 0.25) is 0 Å². The molecular weight excluding hydrogens is 424 g/mol. The smallest absolute Gasteiger partial charge is 0.341 e. The molecule has 8 nitrogen and oxygen atoms in total. The molecule has 0 aromatic carbocycles. The van der Waals surface area contributed by atoms with Crippen molar-refractivity contribution in [2.45, 2.75) is 27.2 Å². The summed E-state index contributed by atoms with van der Waals surface area (Å²) in [5.74, 6) is -1.80. The predicted molar refractivity (Wildman–Crippen MR) is 102 cm³/mol. The van der Waals surface area contributed by atoms with E-state index in [0.717, 1.165) is 17.0 Å². The fraction of sp³-hybridized carbons (Fsp3) is 0.375. The van der Waals surface area contributed by atoms with Crippen LogP contribution in [0.2, 0.25) is 0 Å². The van der Waals surface area contributed by atoms with Crippen LogP contribution in [0, 0.1) is 13.8 Å². The van der Waals surface area contributed by atoms with Crippen LogP contribution in [0.15, 0.2) is 4.47 Å². The van der Waals surface area contributed by atoms with Gasteiger partial charge in [0, 0.05) is 7.05 Å². The highest BCUT2D eigenvalue weighted by Crippen LogP contribution is 2.34. The largest absolute Gasteiger partial charge is 0.462 e. The number of amides is 2. The zero-order chi connectivity index (χ0) is 19.6. The average Bonchev–Trinajstić information content (AvgIpc) is 3.04. The minimum Gasteiger partial charge on any atom is -0.462 e. The molecule has 0 bridgehead atoms. The van der Waals surface area contributed by atoms with Crippen molar-refractivity contribution in [2.75, 3.05) is 11.9 Å².